The lowest BCUT2D eigenvalue weighted by Gasteiger charge is -2.21. The zero-order valence-corrected chi connectivity index (χ0v) is 12.4. The highest BCUT2D eigenvalue weighted by Crippen LogP contribution is 2.26. The van der Waals surface area contributed by atoms with Crippen LogP contribution in [0.3, 0.4) is 0 Å². The van der Waals surface area contributed by atoms with Gasteiger partial charge in [-0.25, -0.2) is 8.42 Å². The summed E-state index contributed by atoms with van der Waals surface area (Å²) < 4.78 is 27.0. The van der Waals surface area contributed by atoms with Gasteiger partial charge >= 0.3 is 0 Å². The summed E-state index contributed by atoms with van der Waals surface area (Å²) in [7, 11) is -3.41. The van der Waals surface area contributed by atoms with Crippen molar-refractivity contribution in [3.05, 3.63) is 23.8 Å². The maximum absolute atomic E-state index is 12.7. The number of hydrogen-bond donors (Lipinski definition) is 1. The monoisotopic (exact) mass is 282 g/mol. The van der Waals surface area contributed by atoms with E-state index in [1.54, 1.807) is 22.5 Å². The number of nitrogens with zero attached hydrogens (tertiary/aromatic N) is 1. The fourth-order valence-electron chi connectivity index (χ4n) is 2.51. The second kappa shape index (κ2) is 5.51. The van der Waals surface area contributed by atoms with Crippen molar-refractivity contribution in [3.8, 4) is 0 Å². The summed E-state index contributed by atoms with van der Waals surface area (Å²) in [5, 5.41) is 0. The predicted molar refractivity (Wildman–Crippen MR) is 77.4 cm³/mol. The van der Waals surface area contributed by atoms with Crippen LogP contribution >= 0.6 is 0 Å². The van der Waals surface area contributed by atoms with E-state index < -0.39 is 10.0 Å². The van der Waals surface area contributed by atoms with Crippen LogP contribution in [-0.4, -0.2) is 25.8 Å². The molecule has 1 atom stereocenters. The molecule has 1 aliphatic rings. The zero-order valence-electron chi connectivity index (χ0n) is 11.6. The average Bonchev–Trinajstić information content (AvgIpc) is 2.57. The lowest BCUT2D eigenvalue weighted by atomic mass is 10.0. The number of nitrogens with two attached hydrogens (primary N) is 1. The van der Waals surface area contributed by atoms with Gasteiger partial charge in [0.2, 0.25) is 10.0 Å². The molecule has 2 N–H and O–H groups in total. The Labute approximate surface area is 115 Å². The highest BCUT2D eigenvalue weighted by Gasteiger charge is 2.27. The van der Waals surface area contributed by atoms with Gasteiger partial charge in [-0.15, -0.1) is 0 Å². The number of sulfonamides is 1. The van der Waals surface area contributed by atoms with Crippen LogP contribution < -0.4 is 5.73 Å². The Bertz CT molecular complexity index is 555. The first-order valence-electron chi connectivity index (χ1n) is 6.77. The number of hydrogen-bond acceptors (Lipinski definition) is 3. The Morgan fingerprint density at radius 3 is 2.74 bits per heavy atom. The Morgan fingerprint density at radius 1 is 1.26 bits per heavy atom. The van der Waals surface area contributed by atoms with Crippen LogP contribution in [0.25, 0.3) is 0 Å². The van der Waals surface area contributed by atoms with Crippen LogP contribution in [-0.2, 0) is 10.0 Å². The fourth-order valence-corrected chi connectivity index (χ4v) is 4.26. The third-order valence-electron chi connectivity index (χ3n) is 3.81. The third-order valence-corrected chi connectivity index (χ3v) is 5.85. The van der Waals surface area contributed by atoms with Gasteiger partial charge in [0.1, 0.15) is 0 Å². The van der Waals surface area contributed by atoms with Crippen molar-refractivity contribution in [2.45, 2.75) is 38.0 Å². The number of nitrogen functional groups attached to an aromatic ring is 1. The van der Waals surface area contributed by atoms with Gasteiger partial charge in [-0.2, -0.15) is 4.31 Å². The molecular weight excluding hydrogens is 260 g/mol. The molecule has 0 aliphatic carbocycles. The summed E-state index contributed by atoms with van der Waals surface area (Å²) in [4.78, 5) is 0.349. The zero-order chi connectivity index (χ0) is 14.0. The Morgan fingerprint density at radius 2 is 2.00 bits per heavy atom. The SMILES string of the molecule is Cc1ccc(N)cc1S(=O)(=O)N1CCCC(C)CC1. The molecule has 0 bridgehead atoms. The molecule has 0 amide bonds. The van der Waals surface area contributed by atoms with Crippen LogP contribution in [0.15, 0.2) is 23.1 Å². The molecule has 0 spiro atoms. The highest BCUT2D eigenvalue weighted by molar-refractivity contribution is 7.89. The maximum atomic E-state index is 12.7. The number of aryl methyl sites for hydroxylation is 1. The number of benzene rings is 1. The van der Waals surface area contributed by atoms with Gasteiger partial charge < -0.3 is 5.73 Å². The van der Waals surface area contributed by atoms with Crippen molar-refractivity contribution in [2.24, 2.45) is 5.92 Å². The minimum atomic E-state index is -3.41. The molecule has 1 aromatic rings. The van der Waals surface area contributed by atoms with E-state index >= 15 is 0 Å². The van der Waals surface area contributed by atoms with E-state index in [0.29, 0.717) is 29.6 Å². The summed E-state index contributed by atoms with van der Waals surface area (Å²) >= 11 is 0. The quantitative estimate of drug-likeness (QED) is 0.847. The first-order valence-corrected chi connectivity index (χ1v) is 8.21. The summed E-state index contributed by atoms with van der Waals surface area (Å²) in [5.74, 6) is 0.599. The first-order chi connectivity index (χ1) is 8.91. The van der Waals surface area contributed by atoms with Crippen molar-refractivity contribution in [1.29, 1.82) is 0 Å². The van der Waals surface area contributed by atoms with Crippen LogP contribution in [0.5, 0.6) is 0 Å². The van der Waals surface area contributed by atoms with Crippen molar-refractivity contribution in [1.82, 2.24) is 4.31 Å². The topological polar surface area (TPSA) is 63.4 Å². The molecule has 5 heteroatoms. The standard InChI is InChI=1S/C14H22N2O2S/c1-11-4-3-8-16(9-7-11)19(17,18)14-10-13(15)6-5-12(14)2/h5-6,10-11H,3-4,7-9,15H2,1-2H3. The second-order valence-electron chi connectivity index (χ2n) is 5.47. The van der Waals surface area contributed by atoms with Crippen LogP contribution in [0, 0.1) is 12.8 Å². The smallest absolute Gasteiger partial charge is 0.243 e. The molecule has 1 unspecified atom stereocenters. The molecule has 1 aliphatic heterocycles. The molecule has 2 rings (SSSR count). The second-order valence-corrected chi connectivity index (χ2v) is 7.37. The molecule has 1 heterocycles. The minimum absolute atomic E-state index is 0.349. The molecule has 0 saturated carbocycles. The van der Waals surface area contributed by atoms with E-state index in [1.807, 2.05) is 6.92 Å². The van der Waals surface area contributed by atoms with E-state index in [9.17, 15) is 8.42 Å². The molecule has 106 valence electrons. The minimum Gasteiger partial charge on any atom is -0.399 e. The van der Waals surface area contributed by atoms with Crippen LogP contribution in [0.2, 0.25) is 0 Å². The average molecular weight is 282 g/mol. The number of rotatable bonds is 2. The van der Waals surface area contributed by atoms with Crippen LogP contribution in [0.4, 0.5) is 5.69 Å². The van der Waals surface area contributed by atoms with Crippen LogP contribution in [0.1, 0.15) is 31.7 Å². The fraction of sp³-hybridized carbons (Fsp3) is 0.571. The van der Waals surface area contributed by atoms with Gasteiger partial charge in [-0.05, 0) is 49.8 Å². The van der Waals surface area contributed by atoms with Crippen molar-refractivity contribution < 1.29 is 8.42 Å². The van der Waals surface area contributed by atoms with Gasteiger partial charge in [0.15, 0.2) is 0 Å². The number of anilines is 1. The summed E-state index contributed by atoms with van der Waals surface area (Å²) in [6.45, 7) is 5.22. The Hall–Kier alpha value is -1.07. The Balaban J connectivity index is 2.33. The molecule has 19 heavy (non-hydrogen) atoms. The highest BCUT2D eigenvalue weighted by atomic mass is 32.2. The van der Waals surface area contributed by atoms with Gasteiger partial charge in [-0.3, -0.25) is 0 Å². The third kappa shape index (κ3) is 3.09. The molecule has 4 nitrogen and oxygen atoms in total. The molecule has 1 fully saturated rings. The van der Waals surface area contributed by atoms with Gasteiger partial charge in [-0.1, -0.05) is 13.0 Å². The molecular formula is C14H22N2O2S. The largest absolute Gasteiger partial charge is 0.399 e. The Kier molecular flexibility index (Phi) is 4.16. The van der Waals surface area contributed by atoms with Gasteiger partial charge in [0.25, 0.3) is 0 Å². The maximum Gasteiger partial charge on any atom is 0.243 e. The van der Waals surface area contributed by atoms with Gasteiger partial charge in [0.05, 0.1) is 4.90 Å². The summed E-state index contributed by atoms with van der Waals surface area (Å²) in [6.07, 6.45) is 2.96. The van der Waals surface area contributed by atoms with Gasteiger partial charge in [0, 0.05) is 18.8 Å². The normalized spacial score (nSPS) is 22.1. The summed E-state index contributed by atoms with van der Waals surface area (Å²) in [5.41, 5.74) is 6.97. The van der Waals surface area contributed by atoms with E-state index in [2.05, 4.69) is 6.92 Å². The van der Waals surface area contributed by atoms with Crippen molar-refractivity contribution in [3.63, 3.8) is 0 Å². The van der Waals surface area contributed by atoms with E-state index in [-0.39, 0.29) is 0 Å². The van der Waals surface area contributed by atoms with E-state index in [4.69, 9.17) is 5.73 Å². The van der Waals surface area contributed by atoms with Crippen molar-refractivity contribution in [2.75, 3.05) is 18.8 Å². The lowest BCUT2D eigenvalue weighted by molar-refractivity contribution is 0.416. The predicted octanol–water partition coefficient (Wildman–Crippen LogP) is 2.39. The molecule has 1 saturated heterocycles. The van der Waals surface area contributed by atoms with Crippen molar-refractivity contribution >= 4 is 15.7 Å². The summed E-state index contributed by atoms with van der Waals surface area (Å²) in [6, 6.07) is 5.07. The van der Waals surface area contributed by atoms with E-state index in [1.165, 1.54) is 0 Å². The molecule has 1 aromatic carbocycles. The first kappa shape index (κ1) is 14.3. The lowest BCUT2D eigenvalue weighted by Crippen LogP contribution is -2.32. The molecule has 0 radical (unpaired) electrons. The molecule has 0 aromatic heterocycles. The van der Waals surface area contributed by atoms with E-state index in [0.717, 1.165) is 24.8 Å².